The number of methoxy groups -OCH3 is 1. The van der Waals surface area contributed by atoms with E-state index in [9.17, 15) is 9.90 Å². The lowest BCUT2D eigenvalue weighted by atomic mass is 10.1. The number of amides is 1. The molecule has 1 fully saturated rings. The second-order valence-corrected chi connectivity index (χ2v) is 4.88. The summed E-state index contributed by atoms with van der Waals surface area (Å²) in [6.45, 7) is -0.0489. The highest BCUT2D eigenvalue weighted by atomic mass is 16.5. The fraction of sp³-hybridized carbons (Fsp3) is 0.500. The Balaban J connectivity index is 1.98. The molecule has 0 bridgehead atoms. The number of carbonyl (C=O) groups is 1. The van der Waals surface area contributed by atoms with Gasteiger partial charge in [0.05, 0.1) is 13.2 Å². The number of aliphatic hydroxyl groups is 2. The molecule has 0 spiro atoms. The SMILES string of the molecule is COc1cccc(C(=O)N[C@H]2C[C@@H](CO)[C@H](O)C2)c1. The lowest BCUT2D eigenvalue weighted by Crippen LogP contribution is -2.33. The fourth-order valence-corrected chi connectivity index (χ4v) is 2.45. The third-order valence-corrected chi connectivity index (χ3v) is 3.56. The summed E-state index contributed by atoms with van der Waals surface area (Å²) in [6.07, 6.45) is 0.550. The molecule has 2 rings (SSSR count). The van der Waals surface area contributed by atoms with Crippen LogP contribution in [-0.2, 0) is 0 Å². The molecule has 104 valence electrons. The van der Waals surface area contributed by atoms with Crippen LogP contribution in [0.3, 0.4) is 0 Å². The molecule has 0 aromatic heterocycles. The summed E-state index contributed by atoms with van der Waals surface area (Å²) in [5.74, 6) is 0.303. The molecule has 1 saturated carbocycles. The van der Waals surface area contributed by atoms with Gasteiger partial charge in [0.2, 0.25) is 0 Å². The summed E-state index contributed by atoms with van der Waals surface area (Å²) in [4.78, 5) is 12.1. The van der Waals surface area contributed by atoms with E-state index in [1.165, 1.54) is 0 Å². The van der Waals surface area contributed by atoms with Gasteiger partial charge in [-0.1, -0.05) is 6.07 Å². The molecule has 19 heavy (non-hydrogen) atoms. The minimum atomic E-state index is -0.541. The zero-order valence-corrected chi connectivity index (χ0v) is 10.9. The molecule has 1 aliphatic rings. The molecule has 0 aliphatic heterocycles. The average Bonchev–Trinajstić information content (AvgIpc) is 2.78. The Labute approximate surface area is 112 Å². The van der Waals surface area contributed by atoms with E-state index in [0.29, 0.717) is 24.2 Å². The standard InChI is InChI=1S/C14H19NO4/c1-19-12-4-2-3-9(6-12)14(18)15-11-5-10(8-16)13(17)7-11/h2-4,6,10-11,13,16-17H,5,7-8H2,1H3,(H,15,18)/t10-,11-,13+/m0/s1. The maximum atomic E-state index is 12.1. The highest BCUT2D eigenvalue weighted by molar-refractivity contribution is 5.94. The predicted molar refractivity (Wildman–Crippen MR) is 70.1 cm³/mol. The summed E-state index contributed by atoms with van der Waals surface area (Å²) in [6, 6.07) is 6.83. The molecular formula is C14H19NO4. The Hall–Kier alpha value is -1.59. The van der Waals surface area contributed by atoms with Gasteiger partial charge in [0.15, 0.2) is 0 Å². The Morgan fingerprint density at radius 1 is 1.47 bits per heavy atom. The molecule has 1 aromatic carbocycles. The van der Waals surface area contributed by atoms with Crippen LogP contribution in [0.5, 0.6) is 5.75 Å². The zero-order chi connectivity index (χ0) is 13.8. The van der Waals surface area contributed by atoms with Crippen molar-refractivity contribution >= 4 is 5.91 Å². The van der Waals surface area contributed by atoms with Crippen LogP contribution in [0, 0.1) is 5.92 Å². The molecular weight excluding hydrogens is 246 g/mol. The molecule has 0 radical (unpaired) electrons. The van der Waals surface area contributed by atoms with Gasteiger partial charge in [0, 0.05) is 24.1 Å². The molecule has 0 saturated heterocycles. The Morgan fingerprint density at radius 2 is 2.26 bits per heavy atom. The average molecular weight is 265 g/mol. The van der Waals surface area contributed by atoms with Gasteiger partial charge in [-0.25, -0.2) is 0 Å². The first-order chi connectivity index (χ1) is 9.13. The number of hydrogen-bond acceptors (Lipinski definition) is 4. The van der Waals surface area contributed by atoms with E-state index in [2.05, 4.69) is 5.32 Å². The lowest BCUT2D eigenvalue weighted by Gasteiger charge is -2.12. The van der Waals surface area contributed by atoms with Crippen molar-refractivity contribution in [1.82, 2.24) is 5.32 Å². The van der Waals surface area contributed by atoms with E-state index in [1.807, 2.05) is 0 Å². The molecule has 5 heteroatoms. The van der Waals surface area contributed by atoms with Crippen molar-refractivity contribution in [3.8, 4) is 5.75 Å². The predicted octanol–water partition coefficient (Wildman–Crippen LogP) is 0.557. The lowest BCUT2D eigenvalue weighted by molar-refractivity contribution is 0.0903. The van der Waals surface area contributed by atoms with Crippen LogP contribution >= 0.6 is 0 Å². The van der Waals surface area contributed by atoms with Gasteiger partial charge < -0.3 is 20.3 Å². The highest BCUT2D eigenvalue weighted by Crippen LogP contribution is 2.26. The number of nitrogens with one attached hydrogen (secondary N) is 1. The number of benzene rings is 1. The van der Waals surface area contributed by atoms with Gasteiger partial charge in [-0.3, -0.25) is 4.79 Å². The van der Waals surface area contributed by atoms with Crippen molar-refractivity contribution in [1.29, 1.82) is 0 Å². The smallest absolute Gasteiger partial charge is 0.251 e. The summed E-state index contributed by atoms with van der Waals surface area (Å²) in [7, 11) is 1.55. The van der Waals surface area contributed by atoms with Crippen LogP contribution < -0.4 is 10.1 Å². The van der Waals surface area contributed by atoms with Crippen molar-refractivity contribution in [2.75, 3.05) is 13.7 Å². The second-order valence-electron chi connectivity index (χ2n) is 4.88. The number of aliphatic hydroxyl groups excluding tert-OH is 2. The van der Waals surface area contributed by atoms with E-state index in [-0.39, 0.29) is 24.5 Å². The third-order valence-electron chi connectivity index (χ3n) is 3.56. The monoisotopic (exact) mass is 265 g/mol. The number of carbonyl (C=O) groups excluding carboxylic acids is 1. The number of hydrogen-bond donors (Lipinski definition) is 3. The van der Waals surface area contributed by atoms with Crippen LogP contribution in [0.2, 0.25) is 0 Å². The van der Waals surface area contributed by atoms with Gasteiger partial charge >= 0.3 is 0 Å². The van der Waals surface area contributed by atoms with Gasteiger partial charge in [0.25, 0.3) is 5.91 Å². The van der Waals surface area contributed by atoms with Crippen molar-refractivity contribution < 1.29 is 19.7 Å². The first-order valence-electron chi connectivity index (χ1n) is 6.38. The van der Waals surface area contributed by atoms with Gasteiger partial charge in [0.1, 0.15) is 5.75 Å². The maximum absolute atomic E-state index is 12.1. The minimum Gasteiger partial charge on any atom is -0.497 e. The normalized spacial score (nSPS) is 26.2. The van der Waals surface area contributed by atoms with Gasteiger partial charge in [-0.15, -0.1) is 0 Å². The number of rotatable bonds is 4. The molecule has 0 unspecified atom stereocenters. The van der Waals surface area contributed by atoms with Gasteiger partial charge in [-0.05, 0) is 31.0 Å². The van der Waals surface area contributed by atoms with Crippen LogP contribution in [0.15, 0.2) is 24.3 Å². The first kappa shape index (κ1) is 13.8. The fourth-order valence-electron chi connectivity index (χ4n) is 2.45. The summed E-state index contributed by atoms with van der Waals surface area (Å²) in [5, 5.41) is 21.7. The molecule has 1 aliphatic carbocycles. The topological polar surface area (TPSA) is 78.8 Å². The Kier molecular flexibility index (Phi) is 4.39. The van der Waals surface area contributed by atoms with Crippen LogP contribution in [0.25, 0.3) is 0 Å². The largest absolute Gasteiger partial charge is 0.497 e. The van der Waals surface area contributed by atoms with E-state index in [4.69, 9.17) is 9.84 Å². The number of ether oxygens (including phenoxy) is 1. The van der Waals surface area contributed by atoms with Crippen LogP contribution in [0.4, 0.5) is 0 Å². The highest BCUT2D eigenvalue weighted by Gasteiger charge is 2.33. The zero-order valence-electron chi connectivity index (χ0n) is 10.9. The van der Waals surface area contributed by atoms with E-state index >= 15 is 0 Å². The minimum absolute atomic E-state index is 0.0489. The van der Waals surface area contributed by atoms with E-state index in [0.717, 1.165) is 0 Å². The quantitative estimate of drug-likeness (QED) is 0.743. The second kappa shape index (κ2) is 6.04. The summed E-state index contributed by atoms with van der Waals surface area (Å²) < 4.78 is 5.07. The molecule has 3 atom stereocenters. The Bertz CT molecular complexity index is 449. The van der Waals surface area contributed by atoms with E-state index < -0.39 is 6.10 Å². The molecule has 1 amide bonds. The van der Waals surface area contributed by atoms with Crippen molar-refractivity contribution in [3.05, 3.63) is 29.8 Å². The molecule has 3 N–H and O–H groups in total. The maximum Gasteiger partial charge on any atom is 0.251 e. The van der Waals surface area contributed by atoms with Crippen LogP contribution in [0.1, 0.15) is 23.2 Å². The van der Waals surface area contributed by atoms with Crippen molar-refractivity contribution in [2.45, 2.75) is 25.0 Å². The summed E-state index contributed by atoms with van der Waals surface area (Å²) >= 11 is 0. The Morgan fingerprint density at radius 3 is 2.89 bits per heavy atom. The first-order valence-corrected chi connectivity index (χ1v) is 6.38. The van der Waals surface area contributed by atoms with E-state index in [1.54, 1.807) is 31.4 Å². The third kappa shape index (κ3) is 3.24. The van der Waals surface area contributed by atoms with Crippen LogP contribution in [-0.4, -0.2) is 42.0 Å². The molecule has 1 aromatic rings. The van der Waals surface area contributed by atoms with Crippen molar-refractivity contribution in [3.63, 3.8) is 0 Å². The molecule has 5 nitrogen and oxygen atoms in total. The summed E-state index contributed by atoms with van der Waals surface area (Å²) in [5.41, 5.74) is 0.529. The van der Waals surface area contributed by atoms with Crippen molar-refractivity contribution in [2.24, 2.45) is 5.92 Å². The van der Waals surface area contributed by atoms with Gasteiger partial charge in [-0.2, -0.15) is 0 Å². The molecule has 0 heterocycles.